The van der Waals surface area contributed by atoms with Crippen LogP contribution in [0.15, 0.2) is 28.7 Å². The van der Waals surface area contributed by atoms with Gasteiger partial charge in [-0.25, -0.2) is 0 Å². The highest BCUT2D eigenvalue weighted by Crippen LogP contribution is 2.31. The van der Waals surface area contributed by atoms with E-state index >= 15 is 0 Å². The Morgan fingerprint density at radius 2 is 2.17 bits per heavy atom. The lowest BCUT2D eigenvalue weighted by molar-refractivity contribution is 0.627. The number of nitrogens with zero attached hydrogens (tertiary/aromatic N) is 1. The summed E-state index contributed by atoms with van der Waals surface area (Å²) in [5, 5.41) is 8.09. The lowest BCUT2D eigenvalue weighted by Gasteiger charge is -1.96. The number of aryl methyl sites for hydroxylation is 1. The summed E-state index contributed by atoms with van der Waals surface area (Å²) in [5.41, 5.74) is 9.81. The van der Waals surface area contributed by atoms with Crippen LogP contribution < -0.4 is 5.73 Å². The van der Waals surface area contributed by atoms with Gasteiger partial charge in [-0.1, -0.05) is 18.6 Å². The molecule has 0 saturated heterocycles. The minimum atomic E-state index is 0.545. The summed E-state index contributed by atoms with van der Waals surface area (Å²) >= 11 is 0. The Morgan fingerprint density at radius 3 is 2.94 bits per heavy atom. The minimum Gasteiger partial charge on any atom is -0.454 e. The number of aromatic nitrogens is 2. The fourth-order valence-electron chi connectivity index (χ4n) is 2.23. The van der Waals surface area contributed by atoms with Gasteiger partial charge in [-0.3, -0.25) is 5.10 Å². The molecule has 18 heavy (non-hydrogen) atoms. The first kappa shape index (κ1) is 10.9. The standard InChI is InChI=1S/C14H15N3O/c1-3-10-13(16-17-14(10)15)12-7-9-6-8(2)4-5-11(9)18-12/h4-7H,3H2,1-2H3,(H3,15,16,17). The number of rotatable bonds is 2. The van der Waals surface area contributed by atoms with Crippen molar-refractivity contribution in [2.45, 2.75) is 20.3 Å². The molecule has 4 nitrogen and oxygen atoms in total. The Balaban J connectivity index is 2.19. The lowest BCUT2D eigenvalue weighted by atomic mass is 10.1. The summed E-state index contributed by atoms with van der Waals surface area (Å²) in [6, 6.07) is 8.15. The van der Waals surface area contributed by atoms with E-state index in [0.29, 0.717) is 5.82 Å². The van der Waals surface area contributed by atoms with Crippen molar-refractivity contribution in [3.05, 3.63) is 35.4 Å². The fourth-order valence-corrected chi connectivity index (χ4v) is 2.23. The number of aromatic amines is 1. The van der Waals surface area contributed by atoms with E-state index < -0.39 is 0 Å². The van der Waals surface area contributed by atoms with Crippen molar-refractivity contribution in [1.29, 1.82) is 0 Å². The average Bonchev–Trinajstić information content (AvgIpc) is 2.91. The molecule has 2 aromatic heterocycles. The third-order valence-corrected chi connectivity index (χ3v) is 3.17. The highest BCUT2D eigenvalue weighted by molar-refractivity contribution is 5.83. The van der Waals surface area contributed by atoms with E-state index in [1.807, 2.05) is 18.2 Å². The number of furan rings is 1. The lowest BCUT2D eigenvalue weighted by Crippen LogP contribution is -1.90. The van der Waals surface area contributed by atoms with Crippen LogP contribution in [0.5, 0.6) is 0 Å². The Hall–Kier alpha value is -2.23. The van der Waals surface area contributed by atoms with Crippen molar-refractivity contribution < 1.29 is 4.42 Å². The zero-order valence-electron chi connectivity index (χ0n) is 10.4. The van der Waals surface area contributed by atoms with Crippen LogP contribution in [0.3, 0.4) is 0 Å². The summed E-state index contributed by atoms with van der Waals surface area (Å²) in [6.07, 6.45) is 0.827. The summed E-state index contributed by atoms with van der Waals surface area (Å²) in [4.78, 5) is 0. The van der Waals surface area contributed by atoms with Gasteiger partial charge in [0.25, 0.3) is 0 Å². The molecule has 0 atom stereocenters. The SMILES string of the molecule is CCc1c(N)n[nH]c1-c1cc2cc(C)ccc2o1. The average molecular weight is 241 g/mol. The first-order valence-electron chi connectivity index (χ1n) is 6.02. The zero-order valence-corrected chi connectivity index (χ0v) is 10.4. The summed E-state index contributed by atoms with van der Waals surface area (Å²) in [7, 11) is 0. The Bertz CT molecular complexity index is 709. The molecule has 0 radical (unpaired) electrons. The monoisotopic (exact) mass is 241 g/mol. The van der Waals surface area contributed by atoms with Crippen LogP contribution >= 0.6 is 0 Å². The van der Waals surface area contributed by atoms with Gasteiger partial charge >= 0.3 is 0 Å². The van der Waals surface area contributed by atoms with Crippen LogP contribution in [0, 0.1) is 6.92 Å². The van der Waals surface area contributed by atoms with Gasteiger partial charge in [-0.15, -0.1) is 0 Å². The quantitative estimate of drug-likeness (QED) is 0.723. The number of benzene rings is 1. The molecule has 1 aromatic carbocycles. The summed E-state index contributed by atoms with van der Waals surface area (Å²) in [6.45, 7) is 4.12. The van der Waals surface area contributed by atoms with Gasteiger partial charge in [-0.2, -0.15) is 5.10 Å². The molecule has 0 fully saturated rings. The van der Waals surface area contributed by atoms with Gasteiger partial charge in [0, 0.05) is 10.9 Å². The number of hydrogen-bond acceptors (Lipinski definition) is 3. The van der Waals surface area contributed by atoms with E-state index in [0.717, 1.165) is 34.4 Å². The molecule has 2 heterocycles. The molecule has 0 bridgehead atoms. The van der Waals surface area contributed by atoms with E-state index in [1.165, 1.54) is 5.56 Å². The smallest absolute Gasteiger partial charge is 0.153 e. The predicted molar refractivity (Wildman–Crippen MR) is 72.3 cm³/mol. The molecule has 3 rings (SSSR count). The normalized spacial score (nSPS) is 11.2. The largest absolute Gasteiger partial charge is 0.454 e. The summed E-state index contributed by atoms with van der Waals surface area (Å²) in [5.74, 6) is 1.33. The number of nitrogens with one attached hydrogen (secondary N) is 1. The molecule has 0 spiro atoms. The van der Waals surface area contributed by atoms with Crippen molar-refractivity contribution in [2.75, 3.05) is 5.73 Å². The third-order valence-electron chi connectivity index (χ3n) is 3.17. The van der Waals surface area contributed by atoms with Gasteiger partial charge in [-0.05, 0) is 31.5 Å². The molecule has 3 aromatic rings. The number of H-pyrrole nitrogens is 1. The fraction of sp³-hybridized carbons (Fsp3) is 0.214. The molecular formula is C14H15N3O. The van der Waals surface area contributed by atoms with Crippen LogP contribution in [0.2, 0.25) is 0 Å². The number of nitrogen functional groups attached to an aromatic ring is 1. The number of nitrogens with two attached hydrogens (primary N) is 1. The van der Waals surface area contributed by atoms with Gasteiger partial charge in [0.1, 0.15) is 17.1 Å². The molecule has 0 aliphatic heterocycles. The van der Waals surface area contributed by atoms with E-state index in [4.69, 9.17) is 10.2 Å². The molecule has 0 aliphatic rings. The van der Waals surface area contributed by atoms with Gasteiger partial charge in [0.05, 0.1) is 0 Å². The van der Waals surface area contributed by atoms with E-state index in [2.05, 4.69) is 30.1 Å². The Kier molecular flexibility index (Phi) is 2.37. The van der Waals surface area contributed by atoms with Crippen molar-refractivity contribution in [2.24, 2.45) is 0 Å². The van der Waals surface area contributed by atoms with E-state index in [9.17, 15) is 0 Å². The second-order valence-electron chi connectivity index (χ2n) is 4.47. The minimum absolute atomic E-state index is 0.545. The topological polar surface area (TPSA) is 67.8 Å². The van der Waals surface area contributed by atoms with Crippen molar-refractivity contribution >= 4 is 16.8 Å². The van der Waals surface area contributed by atoms with E-state index in [1.54, 1.807) is 0 Å². The van der Waals surface area contributed by atoms with Crippen molar-refractivity contribution in [1.82, 2.24) is 10.2 Å². The molecule has 0 saturated carbocycles. The van der Waals surface area contributed by atoms with E-state index in [-0.39, 0.29) is 0 Å². The molecule has 0 amide bonds. The summed E-state index contributed by atoms with van der Waals surface area (Å²) < 4.78 is 5.84. The number of anilines is 1. The maximum absolute atomic E-state index is 5.84. The van der Waals surface area contributed by atoms with Crippen LogP contribution in [0.25, 0.3) is 22.4 Å². The molecule has 3 N–H and O–H groups in total. The highest BCUT2D eigenvalue weighted by atomic mass is 16.3. The second-order valence-corrected chi connectivity index (χ2v) is 4.47. The van der Waals surface area contributed by atoms with Gasteiger partial charge in [0.2, 0.25) is 0 Å². The Labute approximate surface area is 105 Å². The molecule has 4 heteroatoms. The number of fused-ring (bicyclic) bond motifs is 1. The maximum Gasteiger partial charge on any atom is 0.153 e. The zero-order chi connectivity index (χ0) is 12.7. The third kappa shape index (κ3) is 1.57. The molecule has 0 aliphatic carbocycles. The van der Waals surface area contributed by atoms with Crippen LogP contribution in [-0.4, -0.2) is 10.2 Å². The van der Waals surface area contributed by atoms with Crippen LogP contribution in [0.4, 0.5) is 5.82 Å². The number of hydrogen-bond donors (Lipinski definition) is 2. The molecular weight excluding hydrogens is 226 g/mol. The predicted octanol–water partition coefficient (Wildman–Crippen LogP) is 3.28. The van der Waals surface area contributed by atoms with Crippen LogP contribution in [-0.2, 0) is 6.42 Å². The van der Waals surface area contributed by atoms with Gasteiger partial charge < -0.3 is 10.2 Å². The highest BCUT2D eigenvalue weighted by Gasteiger charge is 2.14. The van der Waals surface area contributed by atoms with Crippen molar-refractivity contribution in [3.63, 3.8) is 0 Å². The van der Waals surface area contributed by atoms with Crippen LogP contribution in [0.1, 0.15) is 18.1 Å². The molecule has 92 valence electrons. The maximum atomic E-state index is 5.84. The van der Waals surface area contributed by atoms with Crippen molar-refractivity contribution in [3.8, 4) is 11.5 Å². The van der Waals surface area contributed by atoms with Gasteiger partial charge in [0.15, 0.2) is 5.76 Å². The Morgan fingerprint density at radius 1 is 1.33 bits per heavy atom. The molecule has 0 unspecified atom stereocenters. The first-order valence-corrected chi connectivity index (χ1v) is 6.02. The second kappa shape index (κ2) is 3.91. The first-order chi connectivity index (χ1) is 8.69.